The van der Waals surface area contributed by atoms with Crippen molar-refractivity contribution in [1.29, 1.82) is 0 Å². The van der Waals surface area contributed by atoms with E-state index in [1.807, 2.05) is 11.9 Å². The summed E-state index contributed by atoms with van der Waals surface area (Å²) in [5.41, 5.74) is -0.353. The van der Waals surface area contributed by atoms with Crippen LogP contribution in [0, 0.1) is 5.82 Å². The molecule has 1 fully saturated rings. The molecule has 0 unspecified atom stereocenters. The minimum absolute atomic E-state index is 0.0349. The second-order valence-electron chi connectivity index (χ2n) is 10.0. The highest BCUT2D eigenvalue weighted by Gasteiger charge is 2.33. The second kappa shape index (κ2) is 12.2. The number of carbonyl (C=O) groups excluding carboxylic acids is 1. The predicted molar refractivity (Wildman–Crippen MR) is 153 cm³/mol. The van der Waals surface area contributed by atoms with Crippen molar-refractivity contribution in [2.75, 3.05) is 49.8 Å². The molecule has 1 aliphatic rings. The number of nitrogens with one attached hydrogen (secondary N) is 2. The van der Waals surface area contributed by atoms with Gasteiger partial charge in [-0.2, -0.15) is 18.2 Å². The monoisotopic (exact) mass is 596 g/mol. The van der Waals surface area contributed by atoms with E-state index < -0.39 is 23.5 Å². The minimum atomic E-state index is -4.63. The number of pyridine rings is 1. The van der Waals surface area contributed by atoms with E-state index in [-0.39, 0.29) is 34.7 Å². The van der Waals surface area contributed by atoms with E-state index in [9.17, 15) is 22.4 Å². The van der Waals surface area contributed by atoms with Crippen molar-refractivity contribution in [3.8, 4) is 23.0 Å². The van der Waals surface area contributed by atoms with Crippen molar-refractivity contribution in [3.63, 3.8) is 0 Å². The molecule has 4 aromatic rings. The van der Waals surface area contributed by atoms with Crippen LogP contribution in [0.5, 0.6) is 11.6 Å². The number of alkyl halides is 3. The Hall–Kier alpha value is -4.85. The van der Waals surface area contributed by atoms with E-state index >= 15 is 0 Å². The highest BCUT2D eigenvalue weighted by atomic mass is 19.4. The fraction of sp³-hybridized carbons (Fsp3) is 0.276. The molecule has 10 nitrogen and oxygen atoms in total. The molecule has 2 aromatic carbocycles. The van der Waals surface area contributed by atoms with Crippen LogP contribution < -0.4 is 20.3 Å². The van der Waals surface area contributed by atoms with Crippen molar-refractivity contribution in [2.24, 2.45) is 0 Å². The first-order valence-electron chi connectivity index (χ1n) is 13.3. The van der Waals surface area contributed by atoms with Crippen LogP contribution in [-0.2, 0) is 6.18 Å². The van der Waals surface area contributed by atoms with Gasteiger partial charge in [0.05, 0.1) is 22.5 Å². The van der Waals surface area contributed by atoms with Gasteiger partial charge in [-0.15, -0.1) is 0 Å². The number of carbonyl (C=O) groups is 1. The van der Waals surface area contributed by atoms with Gasteiger partial charge >= 0.3 is 6.18 Å². The van der Waals surface area contributed by atoms with Crippen LogP contribution >= 0.6 is 0 Å². The topological polar surface area (TPSA) is 108 Å². The molecule has 1 atom stereocenters. The highest BCUT2D eigenvalue weighted by molar-refractivity contribution is 6.06. The quantitative estimate of drug-likeness (QED) is 0.261. The molecule has 1 aliphatic heterocycles. The minimum Gasteiger partial charge on any atom is -0.438 e. The van der Waals surface area contributed by atoms with Crippen molar-refractivity contribution in [2.45, 2.75) is 18.6 Å². The molecular weight excluding hydrogens is 568 g/mol. The number of nitrogens with zero attached hydrogens (tertiary/aromatic N) is 6. The van der Waals surface area contributed by atoms with Crippen molar-refractivity contribution >= 4 is 23.2 Å². The number of ether oxygens (including phenoxy) is 1. The summed E-state index contributed by atoms with van der Waals surface area (Å²) in [6.45, 7) is 1.55. The van der Waals surface area contributed by atoms with E-state index in [0.29, 0.717) is 23.7 Å². The fourth-order valence-corrected chi connectivity index (χ4v) is 4.79. The molecule has 5 rings (SSSR count). The number of likely N-dealkylation sites (tertiary alicyclic amines) is 1. The van der Waals surface area contributed by atoms with Crippen LogP contribution in [0.25, 0.3) is 11.4 Å². The zero-order valence-electron chi connectivity index (χ0n) is 23.5. The van der Waals surface area contributed by atoms with Crippen LogP contribution in [0.3, 0.4) is 0 Å². The lowest BCUT2D eigenvalue weighted by atomic mass is 10.1. The first-order valence-corrected chi connectivity index (χ1v) is 13.3. The van der Waals surface area contributed by atoms with Crippen LogP contribution in [-0.4, -0.2) is 71.0 Å². The summed E-state index contributed by atoms with van der Waals surface area (Å²) in [5.74, 6) is -1.10. The number of benzene rings is 2. The van der Waals surface area contributed by atoms with Gasteiger partial charge in [-0.1, -0.05) is 0 Å². The van der Waals surface area contributed by atoms with Gasteiger partial charge in [-0.25, -0.2) is 19.3 Å². The fourth-order valence-electron chi connectivity index (χ4n) is 4.79. The highest BCUT2D eigenvalue weighted by Crippen LogP contribution is 2.37. The van der Waals surface area contributed by atoms with E-state index in [1.54, 1.807) is 26.2 Å². The van der Waals surface area contributed by atoms with Crippen LogP contribution in [0.2, 0.25) is 0 Å². The zero-order valence-corrected chi connectivity index (χ0v) is 23.5. The summed E-state index contributed by atoms with van der Waals surface area (Å²) in [4.78, 5) is 33.9. The molecule has 224 valence electrons. The Balaban J connectivity index is 1.44. The van der Waals surface area contributed by atoms with Crippen molar-refractivity contribution < 1.29 is 27.1 Å². The van der Waals surface area contributed by atoms with Gasteiger partial charge in [0.2, 0.25) is 11.8 Å². The summed E-state index contributed by atoms with van der Waals surface area (Å²) in [5, 5.41) is 5.37. The van der Waals surface area contributed by atoms with Gasteiger partial charge in [0.25, 0.3) is 5.91 Å². The second-order valence-corrected chi connectivity index (χ2v) is 10.0. The summed E-state index contributed by atoms with van der Waals surface area (Å²) in [7, 11) is 5.38. The van der Waals surface area contributed by atoms with Gasteiger partial charge in [-0.3, -0.25) is 4.79 Å². The number of halogens is 4. The maximum atomic E-state index is 14.7. The Morgan fingerprint density at radius 3 is 2.65 bits per heavy atom. The maximum Gasteiger partial charge on any atom is 0.416 e. The first kappa shape index (κ1) is 29.6. The molecule has 43 heavy (non-hydrogen) atoms. The number of hydrogen-bond acceptors (Lipinski definition) is 9. The number of aromatic nitrogens is 4. The van der Waals surface area contributed by atoms with Crippen LogP contribution in [0.15, 0.2) is 61.1 Å². The zero-order chi connectivity index (χ0) is 30.7. The molecule has 1 amide bonds. The third-order valence-electron chi connectivity index (χ3n) is 7.02. The van der Waals surface area contributed by atoms with E-state index in [2.05, 4.69) is 35.5 Å². The van der Waals surface area contributed by atoms with Crippen molar-refractivity contribution in [1.82, 2.24) is 24.8 Å². The molecular formula is C29H28F4N8O2. The smallest absolute Gasteiger partial charge is 0.416 e. The number of rotatable bonds is 8. The van der Waals surface area contributed by atoms with E-state index in [0.717, 1.165) is 37.2 Å². The van der Waals surface area contributed by atoms with Gasteiger partial charge in [0.1, 0.15) is 17.9 Å². The standard InChI is InChI=1S/C29H28F4N8O2/c1-34-28-37-16-36-25(39-28)22-5-4-9-35-27(22)43-21-12-17(11-19(30)14-21)26(42)38-23-13-18(29(31,32)33)6-7-24(23)41(3)20-8-10-40(2)15-20/h4-7,9,11-14,16,20H,8,10,15H2,1-3H3,(H,38,42)(H,34,36,37,39)/t20-/m1/s1. The number of hydrogen-bond donors (Lipinski definition) is 2. The van der Waals surface area contributed by atoms with Gasteiger partial charge in [0, 0.05) is 44.5 Å². The van der Waals surface area contributed by atoms with Gasteiger partial charge in [0.15, 0.2) is 5.82 Å². The Morgan fingerprint density at radius 2 is 1.93 bits per heavy atom. The average Bonchev–Trinajstić information content (AvgIpc) is 3.42. The largest absolute Gasteiger partial charge is 0.438 e. The van der Waals surface area contributed by atoms with Crippen LogP contribution in [0.1, 0.15) is 22.3 Å². The molecule has 0 bridgehead atoms. The summed E-state index contributed by atoms with van der Waals surface area (Å²) in [6.07, 6.45) is -1.06. The molecule has 0 spiro atoms. The molecule has 14 heteroatoms. The third-order valence-corrected chi connectivity index (χ3v) is 7.02. The molecule has 3 heterocycles. The van der Waals surface area contributed by atoms with Crippen LogP contribution in [0.4, 0.5) is 34.9 Å². The summed E-state index contributed by atoms with van der Waals surface area (Å²) < 4.78 is 61.4. The Labute approximate surface area is 244 Å². The van der Waals surface area contributed by atoms with Gasteiger partial charge in [-0.05, 0) is 62.5 Å². The molecule has 2 aromatic heterocycles. The number of anilines is 3. The normalized spacial score (nSPS) is 15.3. The Bertz CT molecular complexity index is 1630. The lowest BCUT2D eigenvalue weighted by Gasteiger charge is -2.29. The van der Waals surface area contributed by atoms with E-state index in [4.69, 9.17) is 4.74 Å². The maximum absolute atomic E-state index is 14.7. The number of amides is 1. The molecule has 1 saturated heterocycles. The lowest BCUT2D eigenvalue weighted by molar-refractivity contribution is -0.137. The van der Waals surface area contributed by atoms with Crippen molar-refractivity contribution in [3.05, 3.63) is 78.0 Å². The summed E-state index contributed by atoms with van der Waals surface area (Å²) in [6, 6.07) is 9.82. The third kappa shape index (κ3) is 6.80. The van der Waals surface area contributed by atoms with E-state index in [1.165, 1.54) is 24.7 Å². The average molecular weight is 597 g/mol. The Kier molecular flexibility index (Phi) is 8.39. The molecule has 0 aliphatic carbocycles. The summed E-state index contributed by atoms with van der Waals surface area (Å²) >= 11 is 0. The van der Waals surface area contributed by atoms with Gasteiger partial charge < -0.3 is 25.2 Å². The predicted octanol–water partition coefficient (Wildman–Crippen LogP) is 5.32. The first-order chi connectivity index (χ1) is 20.5. The molecule has 0 radical (unpaired) electrons. The number of likely N-dealkylation sites (N-methyl/N-ethyl adjacent to an activating group) is 2. The molecule has 2 N–H and O–H groups in total. The Morgan fingerprint density at radius 1 is 1.12 bits per heavy atom. The molecule has 0 saturated carbocycles. The SMILES string of the molecule is CNc1ncnc(-c2cccnc2Oc2cc(F)cc(C(=O)Nc3cc(C(F)(F)F)ccc3N(C)[C@@H]3CCN(C)C3)c2)n1. The lowest BCUT2D eigenvalue weighted by Crippen LogP contribution is -2.34.